The smallest absolute Gasteiger partial charge is 0.336 e. The molecule has 3 heterocycles. The zero-order chi connectivity index (χ0) is 42.6. The molecule has 0 radical (unpaired) electrons. The zero-order valence-electron chi connectivity index (χ0n) is 32.0. The van der Waals surface area contributed by atoms with Gasteiger partial charge in [-0.25, -0.2) is 4.79 Å². The summed E-state index contributed by atoms with van der Waals surface area (Å²) in [7, 11) is 0. The average molecular weight is 813 g/mol. The summed E-state index contributed by atoms with van der Waals surface area (Å²) in [5, 5.41) is 110. The van der Waals surface area contributed by atoms with Crippen LogP contribution in [0.15, 0.2) is 83.1 Å². The van der Waals surface area contributed by atoms with E-state index in [0.29, 0.717) is 5.57 Å². The number of Topliss-reactive ketones (excluding diaryl/α,β-unsaturated/α-hetero) is 1. The Balaban J connectivity index is 1.48. The predicted molar refractivity (Wildman–Crippen MR) is 198 cm³/mol. The molecule has 6 unspecified atom stereocenters. The Morgan fingerprint density at radius 1 is 0.509 bits per heavy atom. The van der Waals surface area contributed by atoms with E-state index in [2.05, 4.69) is 0 Å². The Bertz CT molecular complexity index is 1540. The summed E-state index contributed by atoms with van der Waals surface area (Å²) in [5.74, 6) is -1.24. The van der Waals surface area contributed by atoms with Crippen molar-refractivity contribution in [3.63, 3.8) is 0 Å². The van der Waals surface area contributed by atoms with Gasteiger partial charge in [0.1, 0.15) is 73.2 Å². The van der Waals surface area contributed by atoms with Gasteiger partial charge in [0.2, 0.25) is 6.29 Å². The third-order valence-corrected chi connectivity index (χ3v) is 9.54. The van der Waals surface area contributed by atoms with Gasteiger partial charge in [-0.1, -0.05) is 71.9 Å². The molecular weight excluding hydrogens is 756 g/mol. The van der Waals surface area contributed by atoms with E-state index in [1.54, 1.807) is 55.5 Å². The highest BCUT2D eigenvalue weighted by Crippen LogP contribution is 2.27. The third-order valence-electron chi connectivity index (χ3n) is 9.54. The molecule has 3 aliphatic rings. The normalized spacial score (nSPS) is 37.7. The largest absolute Gasteiger partial charge is 0.429 e. The number of carbonyl (C=O) groups excluding carboxylic acids is 2. The summed E-state index contributed by atoms with van der Waals surface area (Å²) in [6, 6.07) is 0. The van der Waals surface area contributed by atoms with Gasteiger partial charge in [0, 0.05) is 12.0 Å². The van der Waals surface area contributed by atoms with Crippen molar-refractivity contribution in [1.29, 1.82) is 0 Å². The van der Waals surface area contributed by atoms with Crippen LogP contribution in [0.4, 0.5) is 0 Å². The van der Waals surface area contributed by atoms with E-state index < -0.39 is 118 Å². The van der Waals surface area contributed by atoms with Crippen LogP contribution < -0.4 is 0 Å². The first-order valence-corrected chi connectivity index (χ1v) is 18.3. The standard InChI is InChI=1S/C39H56O18/c1-19(11-7-13-21(3)23(42)15-24-28(43)32(47)29(44)25(16-40)54-24)9-5-6-10-20(2)12-8-14-22(4)37(52)57-39-36(51)34(49)31(46)27(56-39)18-53-38-35(50)33(48)30(45)26(17-41)55-38/h5-14,24-36,38-41,43-51H,15-18H2,1-4H3/b6-5+,11-7+,12-8+,19-9+,20-10-,21-13+,22-14+/t24-,25?,26?,27?,28?,29+,30+,31+,32+,33-,34-,35?,36?,38+,39-/m0/s1. The Labute approximate surface area is 329 Å². The molecule has 0 saturated carbocycles. The number of ketones is 1. The molecule has 0 aromatic heterocycles. The molecule has 0 aromatic rings. The van der Waals surface area contributed by atoms with Crippen LogP contribution in [0, 0.1) is 0 Å². The molecule has 3 aliphatic heterocycles. The number of aliphatic hydroxyl groups is 11. The third kappa shape index (κ3) is 13.4. The van der Waals surface area contributed by atoms with Crippen LogP contribution in [-0.4, -0.2) is 180 Å². The van der Waals surface area contributed by atoms with Crippen LogP contribution >= 0.6 is 0 Å². The second kappa shape index (κ2) is 22.8. The van der Waals surface area contributed by atoms with Crippen molar-refractivity contribution >= 4 is 11.8 Å². The van der Waals surface area contributed by atoms with Crippen molar-refractivity contribution < 1.29 is 89.4 Å². The summed E-state index contributed by atoms with van der Waals surface area (Å²) in [6.45, 7) is 4.85. The lowest BCUT2D eigenvalue weighted by molar-refractivity contribution is -0.326. The van der Waals surface area contributed by atoms with Gasteiger partial charge in [0.05, 0.1) is 25.9 Å². The van der Waals surface area contributed by atoms with Crippen molar-refractivity contribution in [2.24, 2.45) is 0 Å². The first-order chi connectivity index (χ1) is 26.9. The Morgan fingerprint density at radius 2 is 0.947 bits per heavy atom. The number of hydrogen-bond donors (Lipinski definition) is 11. The summed E-state index contributed by atoms with van der Waals surface area (Å²) < 4.78 is 26.7. The van der Waals surface area contributed by atoms with Gasteiger partial charge in [0.15, 0.2) is 12.1 Å². The topological polar surface area (TPSA) is 303 Å². The van der Waals surface area contributed by atoms with Gasteiger partial charge in [-0.2, -0.15) is 0 Å². The Kier molecular flexibility index (Phi) is 19.2. The molecule has 0 aliphatic carbocycles. The lowest BCUT2D eigenvalue weighted by Crippen LogP contribution is -2.61. The van der Waals surface area contributed by atoms with Gasteiger partial charge in [0.25, 0.3) is 0 Å². The van der Waals surface area contributed by atoms with Gasteiger partial charge in [-0.3, -0.25) is 4.79 Å². The second-order valence-corrected chi connectivity index (χ2v) is 14.1. The van der Waals surface area contributed by atoms with Crippen molar-refractivity contribution in [2.75, 3.05) is 19.8 Å². The Hall–Kier alpha value is -3.28. The molecule has 0 aromatic carbocycles. The predicted octanol–water partition coefficient (Wildman–Crippen LogP) is -2.59. The SMILES string of the molecule is CC(=C/C=C/C=C(C)/C=C/C=C(\C)C(=O)C[C@@H]1OC(CO)[C@@H](O)[C@H](O)C1O)/C=C/C=C(\C)C(=O)O[C@@H]1OC(CO[C@@H]2OC(CO)[C@@H](O)[C@H](O)C2O)[C@@H](O)[C@H](O)C1O. The monoisotopic (exact) mass is 812 g/mol. The van der Waals surface area contributed by atoms with Crippen LogP contribution in [-0.2, 0) is 33.3 Å². The highest BCUT2D eigenvalue weighted by molar-refractivity contribution is 5.95. The molecule has 0 spiro atoms. The molecule has 15 atom stereocenters. The van der Waals surface area contributed by atoms with Crippen LogP contribution in [0.2, 0.25) is 0 Å². The van der Waals surface area contributed by atoms with Gasteiger partial charge < -0.3 is 79.9 Å². The molecule has 3 saturated heterocycles. The fourth-order valence-corrected chi connectivity index (χ4v) is 5.81. The van der Waals surface area contributed by atoms with Crippen molar-refractivity contribution in [3.8, 4) is 0 Å². The molecule has 3 rings (SSSR count). The molecule has 18 heteroatoms. The van der Waals surface area contributed by atoms with E-state index in [4.69, 9.17) is 23.7 Å². The molecule has 3 fully saturated rings. The van der Waals surface area contributed by atoms with Crippen LogP contribution in [0.3, 0.4) is 0 Å². The van der Waals surface area contributed by atoms with Crippen molar-refractivity contribution in [3.05, 3.63) is 83.1 Å². The van der Waals surface area contributed by atoms with Crippen LogP contribution in [0.1, 0.15) is 34.1 Å². The lowest BCUT2D eigenvalue weighted by atomic mass is 9.91. The maximum Gasteiger partial charge on any atom is 0.336 e. The maximum absolute atomic E-state index is 12.8. The van der Waals surface area contributed by atoms with Crippen molar-refractivity contribution in [1.82, 2.24) is 0 Å². The number of esters is 1. The first kappa shape index (κ1) is 48.1. The highest BCUT2D eigenvalue weighted by atomic mass is 16.7. The number of ether oxygens (including phenoxy) is 5. The molecule has 11 N–H and O–H groups in total. The van der Waals surface area contributed by atoms with E-state index in [0.717, 1.165) is 11.1 Å². The number of aliphatic hydroxyl groups excluding tert-OH is 11. The van der Waals surface area contributed by atoms with Crippen molar-refractivity contribution in [2.45, 2.75) is 126 Å². The Morgan fingerprint density at radius 3 is 1.49 bits per heavy atom. The molecule has 320 valence electrons. The van der Waals surface area contributed by atoms with Gasteiger partial charge in [-0.05, 0) is 33.3 Å². The van der Waals surface area contributed by atoms with E-state index in [9.17, 15) is 65.8 Å². The molecule has 18 nitrogen and oxygen atoms in total. The number of rotatable bonds is 16. The molecule has 57 heavy (non-hydrogen) atoms. The van der Waals surface area contributed by atoms with E-state index >= 15 is 0 Å². The molecular formula is C39H56O18. The summed E-state index contributed by atoms with van der Waals surface area (Å²) in [6.07, 6.45) is -6.33. The highest BCUT2D eigenvalue weighted by Gasteiger charge is 2.48. The molecule has 0 amide bonds. The zero-order valence-corrected chi connectivity index (χ0v) is 32.0. The quantitative estimate of drug-likeness (QED) is 0.0433. The van der Waals surface area contributed by atoms with Crippen LogP contribution in [0.5, 0.6) is 0 Å². The number of carbonyl (C=O) groups is 2. The van der Waals surface area contributed by atoms with E-state index in [1.807, 2.05) is 19.9 Å². The fourth-order valence-electron chi connectivity index (χ4n) is 5.81. The minimum absolute atomic E-state index is 0.102. The first-order valence-electron chi connectivity index (χ1n) is 18.3. The van der Waals surface area contributed by atoms with Gasteiger partial charge in [-0.15, -0.1) is 0 Å². The maximum atomic E-state index is 12.8. The number of hydrogen-bond acceptors (Lipinski definition) is 18. The lowest BCUT2D eigenvalue weighted by Gasteiger charge is -2.42. The summed E-state index contributed by atoms with van der Waals surface area (Å²) >= 11 is 0. The molecule has 0 bridgehead atoms. The average Bonchev–Trinajstić information content (AvgIpc) is 3.18. The minimum atomic E-state index is -1.83. The number of allylic oxidation sites excluding steroid dienone is 13. The van der Waals surface area contributed by atoms with Gasteiger partial charge >= 0.3 is 5.97 Å². The fraction of sp³-hybridized carbons (Fsp3) is 0.590. The van der Waals surface area contributed by atoms with E-state index in [1.165, 1.54) is 13.0 Å². The summed E-state index contributed by atoms with van der Waals surface area (Å²) in [5.41, 5.74) is 2.15. The minimum Gasteiger partial charge on any atom is -0.429 e. The second-order valence-electron chi connectivity index (χ2n) is 14.1. The van der Waals surface area contributed by atoms with Crippen LogP contribution in [0.25, 0.3) is 0 Å². The summed E-state index contributed by atoms with van der Waals surface area (Å²) in [4.78, 5) is 25.4. The van der Waals surface area contributed by atoms with E-state index in [-0.39, 0.29) is 17.8 Å².